The highest BCUT2D eigenvalue weighted by molar-refractivity contribution is 7.80. The molecule has 0 radical (unpaired) electrons. The molecule has 0 aliphatic heterocycles. The summed E-state index contributed by atoms with van der Waals surface area (Å²) in [7, 11) is 0. The number of nitrogens with two attached hydrogens (primary N) is 1. The molecule has 2 nitrogen and oxygen atoms in total. The van der Waals surface area contributed by atoms with Crippen molar-refractivity contribution in [1.29, 1.82) is 0 Å². The minimum atomic E-state index is -0.627. The van der Waals surface area contributed by atoms with Gasteiger partial charge in [0.2, 0.25) is 0 Å². The van der Waals surface area contributed by atoms with Crippen molar-refractivity contribution in [3.05, 3.63) is 57.8 Å². The molecular formula is C13H9Cl2FN2S. The molecule has 0 aliphatic carbocycles. The molecule has 0 aromatic heterocycles. The van der Waals surface area contributed by atoms with E-state index in [0.29, 0.717) is 10.7 Å². The topological polar surface area (TPSA) is 38.0 Å². The number of thiocarbonyl (C=S) groups is 1. The van der Waals surface area contributed by atoms with Crippen LogP contribution in [0.1, 0.15) is 5.56 Å². The molecule has 0 saturated heterocycles. The Morgan fingerprint density at radius 1 is 1.05 bits per heavy atom. The highest BCUT2D eigenvalue weighted by atomic mass is 35.5. The van der Waals surface area contributed by atoms with Gasteiger partial charge in [0.15, 0.2) is 5.82 Å². The lowest BCUT2D eigenvalue weighted by atomic mass is 10.2. The molecule has 0 bridgehead atoms. The first kappa shape index (κ1) is 14.1. The van der Waals surface area contributed by atoms with Crippen LogP contribution >= 0.6 is 35.4 Å². The molecule has 0 amide bonds. The van der Waals surface area contributed by atoms with Gasteiger partial charge in [-0.3, -0.25) is 0 Å². The van der Waals surface area contributed by atoms with Gasteiger partial charge in [0, 0.05) is 16.9 Å². The van der Waals surface area contributed by atoms with E-state index in [1.807, 2.05) is 0 Å². The highest BCUT2D eigenvalue weighted by Gasteiger charge is 2.07. The van der Waals surface area contributed by atoms with E-state index >= 15 is 0 Å². The molecule has 0 unspecified atom stereocenters. The smallest absolute Gasteiger partial charge is 0.160 e. The summed E-state index contributed by atoms with van der Waals surface area (Å²) in [4.78, 5) is 0.333. The van der Waals surface area contributed by atoms with E-state index in [0.717, 1.165) is 11.3 Å². The summed E-state index contributed by atoms with van der Waals surface area (Å²) in [5, 5.41) is 2.99. The predicted molar refractivity (Wildman–Crippen MR) is 82.0 cm³/mol. The van der Waals surface area contributed by atoms with Gasteiger partial charge in [-0.25, -0.2) is 4.39 Å². The van der Waals surface area contributed by atoms with Crippen LogP contribution in [0.4, 0.5) is 15.8 Å². The van der Waals surface area contributed by atoms with Gasteiger partial charge in [-0.05, 0) is 36.4 Å². The largest absolute Gasteiger partial charge is 0.389 e. The third kappa shape index (κ3) is 3.35. The summed E-state index contributed by atoms with van der Waals surface area (Å²) in [6, 6.07) is 10.1. The molecule has 0 heterocycles. The van der Waals surface area contributed by atoms with E-state index < -0.39 is 5.82 Å². The molecule has 0 saturated carbocycles. The number of hydrogen-bond acceptors (Lipinski definition) is 2. The third-order valence-corrected chi connectivity index (χ3v) is 3.23. The van der Waals surface area contributed by atoms with Crippen LogP contribution in [0.25, 0.3) is 0 Å². The van der Waals surface area contributed by atoms with Crippen molar-refractivity contribution in [2.45, 2.75) is 0 Å². The molecule has 0 spiro atoms. The Morgan fingerprint density at radius 2 is 1.58 bits per heavy atom. The van der Waals surface area contributed by atoms with Crippen molar-refractivity contribution in [2.75, 3.05) is 5.32 Å². The van der Waals surface area contributed by atoms with E-state index in [1.54, 1.807) is 24.3 Å². The second kappa shape index (κ2) is 5.74. The zero-order valence-electron chi connectivity index (χ0n) is 9.58. The van der Waals surface area contributed by atoms with Gasteiger partial charge in [0.05, 0.1) is 10.0 Å². The molecule has 0 atom stereocenters. The standard InChI is InChI=1S/C13H9Cl2FN2S/c14-10-5-9(6-11(15)12(10)16)18-8-3-1-7(2-4-8)13(17)19/h1-6,18H,(H2,17,19). The van der Waals surface area contributed by atoms with Gasteiger partial charge in [-0.1, -0.05) is 35.4 Å². The van der Waals surface area contributed by atoms with Crippen molar-refractivity contribution in [3.8, 4) is 0 Å². The Morgan fingerprint density at radius 3 is 2.05 bits per heavy atom. The number of benzene rings is 2. The number of nitrogens with one attached hydrogen (secondary N) is 1. The maximum absolute atomic E-state index is 13.3. The van der Waals surface area contributed by atoms with Crippen molar-refractivity contribution < 1.29 is 4.39 Å². The van der Waals surface area contributed by atoms with Gasteiger partial charge in [-0.15, -0.1) is 0 Å². The van der Waals surface area contributed by atoms with E-state index in [2.05, 4.69) is 5.32 Å². The minimum Gasteiger partial charge on any atom is -0.389 e. The van der Waals surface area contributed by atoms with Gasteiger partial charge < -0.3 is 11.1 Å². The monoisotopic (exact) mass is 314 g/mol. The lowest BCUT2D eigenvalue weighted by molar-refractivity contribution is 0.629. The zero-order valence-corrected chi connectivity index (χ0v) is 11.9. The molecule has 0 aliphatic rings. The summed E-state index contributed by atoms with van der Waals surface area (Å²) in [5.74, 6) is -0.627. The number of halogens is 3. The van der Waals surface area contributed by atoms with Crippen LogP contribution in [-0.4, -0.2) is 4.99 Å². The summed E-state index contributed by atoms with van der Waals surface area (Å²) in [6.45, 7) is 0. The van der Waals surface area contributed by atoms with E-state index in [4.69, 9.17) is 41.2 Å². The van der Waals surface area contributed by atoms with E-state index in [-0.39, 0.29) is 10.0 Å². The molecule has 98 valence electrons. The quantitative estimate of drug-likeness (QED) is 0.646. The van der Waals surface area contributed by atoms with E-state index in [9.17, 15) is 4.39 Å². The van der Waals surface area contributed by atoms with Crippen LogP contribution in [0.15, 0.2) is 36.4 Å². The summed E-state index contributed by atoms with van der Waals surface area (Å²) in [5.41, 5.74) is 7.67. The minimum absolute atomic E-state index is 0.0326. The fraction of sp³-hybridized carbons (Fsp3) is 0. The predicted octanol–water partition coefficient (Wildman–Crippen LogP) is 4.51. The number of rotatable bonds is 3. The summed E-state index contributed by atoms with van der Waals surface area (Å²) >= 11 is 16.3. The Bertz CT molecular complexity index is 606. The summed E-state index contributed by atoms with van der Waals surface area (Å²) < 4.78 is 13.3. The maximum atomic E-state index is 13.3. The molecule has 2 aromatic rings. The average molecular weight is 315 g/mol. The van der Waals surface area contributed by atoms with Crippen LogP contribution in [0, 0.1) is 5.82 Å². The maximum Gasteiger partial charge on any atom is 0.160 e. The summed E-state index contributed by atoms with van der Waals surface area (Å²) in [6.07, 6.45) is 0. The molecule has 3 N–H and O–H groups in total. The molecule has 0 fully saturated rings. The zero-order chi connectivity index (χ0) is 14.0. The van der Waals surface area contributed by atoms with Crippen LogP contribution in [0.2, 0.25) is 10.0 Å². The van der Waals surface area contributed by atoms with Crippen LogP contribution in [-0.2, 0) is 0 Å². The second-order valence-electron chi connectivity index (χ2n) is 3.82. The van der Waals surface area contributed by atoms with Gasteiger partial charge in [0.25, 0.3) is 0 Å². The SMILES string of the molecule is NC(=S)c1ccc(Nc2cc(Cl)c(F)c(Cl)c2)cc1. The number of hydrogen-bond donors (Lipinski definition) is 2. The molecular weight excluding hydrogens is 306 g/mol. The third-order valence-electron chi connectivity index (χ3n) is 2.44. The van der Waals surface area contributed by atoms with Gasteiger partial charge in [0.1, 0.15) is 4.99 Å². The first-order valence-corrected chi connectivity index (χ1v) is 6.45. The van der Waals surface area contributed by atoms with E-state index in [1.165, 1.54) is 12.1 Å². The van der Waals surface area contributed by atoms with Gasteiger partial charge in [-0.2, -0.15) is 0 Å². The first-order valence-electron chi connectivity index (χ1n) is 5.29. The Kier molecular flexibility index (Phi) is 4.24. The van der Waals surface area contributed by atoms with Crippen LogP contribution < -0.4 is 11.1 Å². The first-order chi connectivity index (χ1) is 8.97. The molecule has 6 heteroatoms. The Hall–Kier alpha value is -1.36. The fourth-order valence-electron chi connectivity index (χ4n) is 1.51. The van der Waals surface area contributed by atoms with Crippen LogP contribution in [0.3, 0.4) is 0 Å². The molecule has 2 aromatic carbocycles. The lowest BCUT2D eigenvalue weighted by Gasteiger charge is -2.09. The van der Waals surface area contributed by atoms with Crippen LogP contribution in [0.5, 0.6) is 0 Å². The highest BCUT2D eigenvalue weighted by Crippen LogP contribution is 2.29. The van der Waals surface area contributed by atoms with Crippen molar-refractivity contribution in [2.24, 2.45) is 5.73 Å². The van der Waals surface area contributed by atoms with Crippen molar-refractivity contribution in [1.82, 2.24) is 0 Å². The van der Waals surface area contributed by atoms with Crippen molar-refractivity contribution in [3.63, 3.8) is 0 Å². The molecule has 19 heavy (non-hydrogen) atoms. The molecule has 2 rings (SSSR count). The Balaban J connectivity index is 2.24. The normalized spacial score (nSPS) is 10.3. The lowest BCUT2D eigenvalue weighted by Crippen LogP contribution is -2.08. The second-order valence-corrected chi connectivity index (χ2v) is 5.07. The van der Waals surface area contributed by atoms with Gasteiger partial charge >= 0.3 is 0 Å². The Labute approximate surface area is 125 Å². The number of anilines is 2. The fourth-order valence-corrected chi connectivity index (χ4v) is 2.14. The average Bonchev–Trinajstić information content (AvgIpc) is 2.36. The van der Waals surface area contributed by atoms with Crippen molar-refractivity contribution >= 4 is 51.8 Å².